The van der Waals surface area contributed by atoms with Gasteiger partial charge in [-0.2, -0.15) is 0 Å². The van der Waals surface area contributed by atoms with Crippen LogP contribution < -0.4 is 15.5 Å². The van der Waals surface area contributed by atoms with E-state index >= 15 is 0 Å². The molecule has 0 unspecified atom stereocenters. The van der Waals surface area contributed by atoms with E-state index in [1.807, 2.05) is 73.6 Å². The zero-order chi connectivity index (χ0) is 18.1. The number of hydrogen-bond acceptors (Lipinski definition) is 3. The van der Waals surface area contributed by atoms with Crippen LogP contribution in [0.15, 0.2) is 60.7 Å². The predicted molar refractivity (Wildman–Crippen MR) is 101 cm³/mol. The zero-order valence-corrected chi connectivity index (χ0v) is 14.5. The molecule has 5 heteroatoms. The lowest BCUT2D eigenvalue weighted by Crippen LogP contribution is -2.35. The van der Waals surface area contributed by atoms with Crippen LogP contribution in [-0.4, -0.2) is 32.5 Å². The van der Waals surface area contributed by atoms with Crippen LogP contribution in [0, 0.1) is 0 Å². The molecule has 0 heterocycles. The average Bonchev–Trinajstić information content (AvgIpc) is 2.64. The first-order valence-corrected chi connectivity index (χ1v) is 8.08. The standard InChI is InChI=1S/C20H23N3O2/c1-23(2)18-11-8-17(9-12-18)14-21-20(25)15-22-19(24)13-10-16-6-4-3-5-7-16/h3-13H,14-15H2,1-2H3,(H,21,25)(H,22,24)/b13-10+. The van der Waals surface area contributed by atoms with Crippen LogP contribution in [0.3, 0.4) is 0 Å². The van der Waals surface area contributed by atoms with Crippen LogP contribution in [0.4, 0.5) is 5.69 Å². The molecule has 0 aromatic heterocycles. The number of nitrogens with zero attached hydrogens (tertiary/aromatic N) is 1. The highest BCUT2D eigenvalue weighted by Crippen LogP contribution is 2.11. The molecule has 0 spiro atoms. The first-order valence-electron chi connectivity index (χ1n) is 8.08. The van der Waals surface area contributed by atoms with E-state index in [1.54, 1.807) is 6.08 Å². The largest absolute Gasteiger partial charge is 0.378 e. The van der Waals surface area contributed by atoms with Crippen molar-refractivity contribution in [3.63, 3.8) is 0 Å². The minimum Gasteiger partial charge on any atom is -0.378 e. The van der Waals surface area contributed by atoms with Gasteiger partial charge < -0.3 is 15.5 Å². The maximum Gasteiger partial charge on any atom is 0.244 e. The fraction of sp³-hybridized carbons (Fsp3) is 0.200. The number of amides is 2. The molecule has 2 aromatic rings. The van der Waals surface area contributed by atoms with Crippen molar-refractivity contribution in [2.75, 3.05) is 25.5 Å². The van der Waals surface area contributed by atoms with Crippen molar-refractivity contribution >= 4 is 23.6 Å². The molecular weight excluding hydrogens is 314 g/mol. The van der Waals surface area contributed by atoms with Crippen LogP contribution in [-0.2, 0) is 16.1 Å². The number of hydrogen-bond donors (Lipinski definition) is 2. The number of carbonyl (C=O) groups excluding carboxylic acids is 2. The van der Waals surface area contributed by atoms with Gasteiger partial charge in [0.15, 0.2) is 0 Å². The number of anilines is 1. The van der Waals surface area contributed by atoms with Crippen molar-refractivity contribution in [3.05, 3.63) is 71.8 Å². The normalized spacial score (nSPS) is 10.5. The van der Waals surface area contributed by atoms with E-state index in [4.69, 9.17) is 0 Å². The van der Waals surface area contributed by atoms with Crippen LogP contribution in [0.25, 0.3) is 6.08 Å². The summed E-state index contributed by atoms with van der Waals surface area (Å²) in [5.74, 6) is -0.521. The highest BCUT2D eigenvalue weighted by atomic mass is 16.2. The molecular formula is C20H23N3O2. The van der Waals surface area contributed by atoms with Gasteiger partial charge in [0.25, 0.3) is 0 Å². The second-order valence-corrected chi connectivity index (χ2v) is 5.80. The van der Waals surface area contributed by atoms with Crippen molar-refractivity contribution in [2.45, 2.75) is 6.54 Å². The summed E-state index contributed by atoms with van der Waals surface area (Å²) in [6, 6.07) is 17.4. The van der Waals surface area contributed by atoms with E-state index in [0.29, 0.717) is 6.54 Å². The lowest BCUT2D eigenvalue weighted by molar-refractivity contribution is -0.124. The molecule has 25 heavy (non-hydrogen) atoms. The van der Waals surface area contributed by atoms with Gasteiger partial charge in [-0.3, -0.25) is 9.59 Å². The first-order chi connectivity index (χ1) is 12.0. The second kappa shape index (κ2) is 9.27. The Kier molecular flexibility index (Phi) is 6.77. The summed E-state index contributed by atoms with van der Waals surface area (Å²) in [7, 11) is 3.96. The molecule has 2 amide bonds. The Morgan fingerprint density at radius 3 is 2.28 bits per heavy atom. The fourth-order valence-electron chi connectivity index (χ4n) is 2.14. The molecule has 0 aliphatic heterocycles. The molecule has 130 valence electrons. The fourth-order valence-corrected chi connectivity index (χ4v) is 2.14. The molecule has 0 fully saturated rings. The van der Waals surface area contributed by atoms with Gasteiger partial charge in [-0.1, -0.05) is 42.5 Å². The van der Waals surface area contributed by atoms with Gasteiger partial charge in [-0.25, -0.2) is 0 Å². The molecule has 0 aliphatic carbocycles. The van der Waals surface area contributed by atoms with Crippen LogP contribution in [0.2, 0.25) is 0 Å². The van der Waals surface area contributed by atoms with Gasteiger partial charge in [-0.15, -0.1) is 0 Å². The molecule has 2 aromatic carbocycles. The third-order valence-corrected chi connectivity index (χ3v) is 3.59. The van der Waals surface area contributed by atoms with E-state index in [1.165, 1.54) is 6.08 Å². The van der Waals surface area contributed by atoms with Crippen LogP contribution in [0.1, 0.15) is 11.1 Å². The summed E-state index contributed by atoms with van der Waals surface area (Å²) in [6.07, 6.45) is 3.13. The number of carbonyl (C=O) groups is 2. The maximum atomic E-state index is 11.8. The van der Waals surface area contributed by atoms with Gasteiger partial charge in [0.1, 0.15) is 0 Å². The minimum absolute atomic E-state index is 0.0479. The molecule has 0 atom stereocenters. The molecule has 0 saturated carbocycles. The van der Waals surface area contributed by atoms with Crippen molar-refractivity contribution in [1.29, 1.82) is 0 Å². The highest BCUT2D eigenvalue weighted by Gasteiger charge is 2.03. The van der Waals surface area contributed by atoms with E-state index in [9.17, 15) is 9.59 Å². The molecule has 2 N–H and O–H groups in total. The summed E-state index contributed by atoms with van der Waals surface area (Å²) in [5.41, 5.74) is 3.05. The average molecular weight is 337 g/mol. The van der Waals surface area contributed by atoms with E-state index in [0.717, 1.165) is 16.8 Å². The Balaban J connectivity index is 1.71. The van der Waals surface area contributed by atoms with Crippen LogP contribution in [0.5, 0.6) is 0 Å². The first kappa shape index (κ1) is 18.3. The third-order valence-electron chi connectivity index (χ3n) is 3.59. The molecule has 0 saturated heterocycles. The monoisotopic (exact) mass is 337 g/mol. The lowest BCUT2D eigenvalue weighted by atomic mass is 10.2. The quantitative estimate of drug-likeness (QED) is 0.762. The Hall–Kier alpha value is -3.08. The SMILES string of the molecule is CN(C)c1ccc(CNC(=O)CNC(=O)/C=C/c2ccccc2)cc1. The molecule has 2 rings (SSSR count). The Morgan fingerprint density at radius 1 is 0.960 bits per heavy atom. The summed E-state index contributed by atoms with van der Waals surface area (Å²) in [6.45, 7) is 0.385. The highest BCUT2D eigenvalue weighted by molar-refractivity contribution is 5.94. The van der Waals surface area contributed by atoms with Crippen molar-refractivity contribution < 1.29 is 9.59 Å². The maximum absolute atomic E-state index is 11.8. The Bertz CT molecular complexity index is 722. The van der Waals surface area contributed by atoms with Crippen molar-refractivity contribution in [2.24, 2.45) is 0 Å². The number of rotatable bonds is 7. The second-order valence-electron chi connectivity index (χ2n) is 5.80. The van der Waals surface area contributed by atoms with E-state index in [2.05, 4.69) is 10.6 Å². The topological polar surface area (TPSA) is 61.4 Å². The minimum atomic E-state index is -0.297. The molecule has 0 aliphatic rings. The summed E-state index contributed by atoms with van der Waals surface area (Å²) < 4.78 is 0. The number of nitrogens with one attached hydrogen (secondary N) is 2. The van der Waals surface area contributed by atoms with E-state index < -0.39 is 0 Å². The van der Waals surface area contributed by atoms with Gasteiger partial charge in [0, 0.05) is 32.4 Å². The molecule has 5 nitrogen and oxygen atoms in total. The molecule has 0 radical (unpaired) electrons. The van der Waals surface area contributed by atoms with Crippen molar-refractivity contribution in [1.82, 2.24) is 10.6 Å². The smallest absolute Gasteiger partial charge is 0.244 e. The summed E-state index contributed by atoms with van der Waals surface area (Å²) in [5, 5.41) is 5.35. The molecule has 0 bridgehead atoms. The summed E-state index contributed by atoms with van der Waals surface area (Å²) >= 11 is 0. The van der Waals surface area contributed by atoms with E-state index in [-0.39, 0.29) is 18.4 Å². The zero-order valence-electron chi connectivity index (χ0n) is 14.5. The Labute approximate surface area is 148 Å². The predicted octanol–water partition coefficient (Wildman–Crippen LogP) is 2.20. The lowest BCUT2D eigenvalue weighted by Gasteiger charge is -2.13. The number of benzene rings is 2. The van der Waals surface area contributed by atoms with Gasteiger partial charge in [-0.05, 0) is 29.3 Å². The Morgan fingerprint density at radius 2 is 1.64 bits per heavy atom. The van der Waals surface area contributed by atoms with Gasteiger partial charge in [0.05, 0.1) is 6.54 Å². The van der Waals surface area contributed by atoms with Crippen molar-refractivity contribution in [3.8, 4) is 0 Å². The van der Waals surface area contributed by atoms with Gasteiger partial charge in [0.2, 0.25) is 11.8 Å². The van der Waals surface area contributed by atoms with Crippen LogP contribution >= 0.6 is 0 Å². The summed E-state index contributed by atoms with van der Waals surface area (Å²) in [4.78, 5) is 25.5. The third kappa shape index (κ3) is 6.51. The van der Waals surface area contributed by atoms with Gasteiger partial charge >= 0.3 is 0 Å².